The fraction of sp³-hybridized carbons (Fsp3) is 0.417. The lowest BCUT2D eigenvalue weighted by molar-refractivity contribution is 0.583. The van der Waals surface area contributed by atoms with E-state index in [4.69, 9.17) is 4.42 Å². The normalized spacial score (nSPS) is 12.3. The summed E-state index contributed by atoms with van der Waals surface area (Å²) in [5.74, 6) is 0. The Balaban J connectivity index is 2.69. The summed E-state index contributed by atoms with van der Waals surface area (Å²) in [6, 6.07) is 4.30. The van der Waals surface area contributed by atoms with E-state index in [0.717, 1.165) is 16.0 Å². The van der Waals surface area contributed by atoms with Crippen molar-refractivity contribution in [2.24, 2.45) is 0 Å². The second-order valence-electron chi connectivity index (χ2n) is 4.63. The third kappa shape index (κ3) is 1.88. The first-order chi connectivity index (χ1) is 7.02. The first kappa shape index (κ1) is 10.6. The summed E-state index contributed by atoms with van der Waals surface area (Å²) < 4.78 is 5.38. The van der Waals surface area contributed by atoms with E-state index < -0.39 is 0 Å². The van der Waals surface area contributed by atoms with Crippen molar-refractivity contribution in [3.63, 3.8) is 0 Å². The van der Waals surface area contributed by atoms with Crippen LogP contribution < -0.4 is 0 Å². The zero-order chi connectivity index (χ0) is 11.1. The van der Waals surface area contributed by atoms with Crippen molar-refractivity contribution in [3.8, 4) is 0 Å². The monoisotopic (exact) mass is 221 g/mol. The highest BCUT2D eigenvalue weighted by Crippen LogP contribution is 2.32. The number of fused-ring (bicyclic) bond motifs is 1. The van der Waals surface area contributed by atoms with Crippen LogP contribution in [0.5, 0.6) is 0 Å². The van der Waals surface area contributed by atoms with Crippen LogP contribution in [0.25, 0.3) is 11.1 Å². The second kappa shape index (κ2) is 3.56. The topological polar surface area (TPSA) is 26.0 Å². The number of oxazole rings is 1. The van der Waals surface area contributed by atoms with E-state index in [1.54, 1.807) is 11.8 Å². The Hall–Kier alpha value is -0.960. The van der Waals surface area contributed by atoms with Crippen molar-refractivity contribution in [2.75, 3.05) is 6.26 Å². The molecular weight excluding hydrogens is 206 g/mol. The van der Waals surface area contributed by atoms with Crippen molar-refractivity contribution in [1.29, 1.82) is 0 Å². The third-order valence-electron chi connectivity index (χ3n) is 2.48. The van der Waals surface area contributed by atoms with Crippen molar-refractivity contribution in [3.05, 3.63) is 24.1 Å². The Morgan fingerprint density at radius 2 is 2.00 bits per heavy atom. The second-order valence-corrected chi connectivity index (χ2v) is 5.48. The van der Waals surface area contributed by atoms with Crippen molar-refractivity contribution in [2.45, 2.75) is 31.1 Å². The van der Waals surface area contributed by atoms with Crippen molar-refractivity contribution in [1.82, 2.24) is 4.98 Å². The average molecular weight is 221 g/mol. The molecule has 1 aromatic heterocycles. The van der Waals surface area contributed by atoms with Gasteiger partial charge in [-0.15, -0.1) is 11.8 Å². The van der Waals surface area contributed by atoms with Gasteiger partial charge in [0.2, 0.25) is 0 Å². The van der Waals surface area contributed by atoms with E-state index in [9.17, 15) is 0 Å². The molecule has 15 heavy (non-hydrogen) atoms. The molecule has 0 aliphatic carbocycles. The molecule has 0 aliphatic heterocycles. The van der Waals surface area contributed by atoms with Crippen LogP contribution in [0.2, 0.25) is 0 Å². The van der Waals surface area contributed by atoms with E-state index in [-0.39, 0.29) is 5.41 Å². The molecule has 0 aliphatic rings. The molecule has 1 heterocycles. The zero-order valence-corrected chi connectivity index (χ0v) is 10.3. The molecule has 2 nitrogen and oxygen atoms in total. The zero-order valence-electron chi connectivity index (χ0n) is 9.50. The molecule has 0 unspecified atom stereocenters. The molecule has 0 radical (unpaired) electrons. The van der Waals surface area contributed by atoms with Crippen LogP contribution in [0, 0.1) is 0 Å². The molecule has 0 bridgehead atoms. The molecule has 0 amide bonds. The summed E-state index contributed by atoms with van der Waals surface area (Å²) in [5.41, 5.74) is 3.30. The summed E-state index contributed by atoms with van der Waals surface area (Å²) >= 11 is 1.70. The Kier molecular flexibility index (Phi) is 2.51. The number of nitrogens with zero attached hydrogens (tertiary/aromatic N) is 1. The van der Waals surface area contributed by atoms with Gasteiger partial charge in [-0.25, -0.2) is 4.98 Å². The van der Waals surface area contributed by atoms with Gasteiger partial charge in [-0.3, -0.25) is 0 Å². The lowest BCUT2D eigenvalue weighted by Crippen LogP contribution is -2.10. The van der Waals surface area contributed by atoms with Crippen molar-refractivity contribution >= 4 is 22.9 Å². The number of rotatable bonds is 1. The van der Waals surface area contributed by atoms with Gasteiger partial charge in [0.05, 0.1) is 4.90 Å². The van der Waals surface area contributed by atoms with E-state index >= 15 is 0 Å². The van der Waals surface area contributed by atoms with Crippen LogP contribution in [0.15, 0.2) is 27.8 Å². The van der Waals surface area contributed by atoms with Crippen LogP contribution in [0.4, 0.5) is 0 Å². The SMILES string of the molecule is CSc1cc(C(C)(C)C)cc2ncoc12. The molecule has 1 aromatic carbocycles. The highest BCUT2D eigenvalue weighted by Gasteiger charge is 2.17. The van der Waals surface area contributed by atoms with Crippen LogP contribution in [0.3, 0.4) is 0 Å². The van der Waals surface area contributed by atoms with Crippen molar-refractivity contribution < 1.29 is 4.42 Å². The maximum atomic E-state index is 5.38. The minimum Gasteiger partial charge on any atom is -0.442 e. The van der Waals surface area contributed by atoms with Gasteiger partial charge in [0.25, 0.3) is 0 Å². The average Bonchev–Trinajstić information content (AvgIpc) is 2.62. The maximum absolute atomic E-state index is 5.38. The van der Waals surface area contributed by atoms with Gasteiger partial charge in [-0.05, 0) is 29.4 Å². The van der Waals surface area contributed by atoms with Crippen LogP contribution in [0.1, 0.15) is 26.3 Å². The molecule has 0 saturated heterocycles. The number of hydrogen-bond donors (Lipinski definition) is 0. The first-order valence-electron chi connectivity index (χ1n) is 4.94. The van der Waals surface area contributed by atoms with Gasteiger partial charge in [0.15, 0.2) is 12.0 Å². The Labute approximate surface area is 94.1 Å². The van der Waals surface area contributed by atoms with Crippen LogP contribution >= 0.6 is 11.8 Å². The molecule has 0 fully saturated rings. The standard InChI is InChI=1S/C12H15NOS/c1-12(2,3)8-5-9-11(14-7-13-9)10(6-8)15-4/h5-7H,1-4H3. The highest BCUT2D eigenvalue weighted by atomic mass is 32.2. The molecule has 2 rings (SSSR count). The first-order valence-corrected chi connectivity index (χ1v) is 6.16. The summed E-state index contributed by atoms with van der Waals surface area (Å²) in [4.78, 5) is 5.38. The fourth-order valence-corrected chi connectivity index (χ4v) is 2.11. The Morgan fingerprint density at radius 1 is 1.27 bits per heavy atom. The molecule has 0 N–H and O–H groups in total. The molecule has 0 spiro atoms. The van der Waals surface area contributed by atoms with Gasteiger partial charge >= 0.3 is 0 Å². The lowest BCUT2D eigenvalue weighted by Gasteiger charge is -2.19. The Morgan fingerprint density at radius 3 is 2.60 bits per heavy atom. The molecular formula is C12H15NOS. The van der Waals surface area contributed by atoms with E-state index in [1.165, 1.54) is 12.0 Å². The minimum absolute atomic E-state index is 0.150. The predicted molar refractivity (Wildman–Crippen MR) is 64.5 cm³/mol. The number of benzene rings is 1. The molecule has 0 saturated carbocycles. The Bertz CT molecular complexity index is 482. The summed E-state index contributed by atoms with van der Waals surface area (Å²) in [6.07, 6.45) is 3.57. The molecule has 0 atom stereocenters. The van der Waals surface area contributed by atoms with Gasteiger partial charge in [-0.1, -0.05) is 20.8 Å². The number of aromatic nitrogens is 1. The molecule has 3 heteroatoms. The smallest absolute Gasteiger partial charge is 0.182 e. The summed E-state index contributed by atoms with van der Waals surface area (Å²) in [7, 11) is 0. The quantitative estimate of drug-likeness (QED) is 0.684. The number of hydrogen-bond acceptors (Lipinski definition) is 3. The maximum Gasteiger partial charge on any atom is 0.182 e. The van der Waals surface area contributed by atoms with E-state index in [2.05, 4.69) is 44.1 Å². The lowest BCUT2D eigenvalue weighted by atomic mass is 9.87. The van der Waals surface area contributed by atoms with Gasteiger partial charge < -0.3 is 4.42 Å². The van der Waals surface area contributed by atoms with E-state index in [0.29, 0.717) is 0 Å². The summed E-state index contributed by atoms with van der Waals surface area (Å²) in [5, 5.41) is 0. The third-order valence-corrected chi connectivity index (χ3v) is 3.23. The van der Waals surface area contributed by atoms with E-state index in [1.807, 2.05) is 0 Å². The predicted octanol–water partition coefficient (Wildman–Crippen LogP) is 3.85. The van der Waals surface area contributed by atoms with Crippen LogP contribution in [-0.2, 0) is 5.41 Å². The molecule has 2 aromatic rings. The molecule has 80 valence electrons. The summed E-state index contributed by atoms with van der Waals surface area (Å²) in [6.45, 7) is 6.62. The van der Waals surface area contributed by atoms with Gasteiger partial charge in [0.1, 0.15) is 5.52 Å². The van der Waals surface area contributed by atoms with Gasteiger partial charge in [0, 0.05) is 0 Å². The fourth-order valence-electron chi connectivity index (χ4n) is 1.52. The largest absolute Gasteiger partial charge is 0.442 e. The highest BCUT2D eigenvalue weighted by molar-refractivity contribution is 7.98. The van der Waals surface area contributed by atoms with Crippen LogP contribution in [-0.4, -0.2) is 11.2 Å². The van der Waals surface area contributed by atoms with Gasteiger partial charge in [-0.2, -0.15) is 0 Å². The number of thioether (sulfide) groups is 1. The minimum atomic E-state index is 0.150.